The number of halogens is 1. The molecule has 0 bridgehead atoms. The number of aliphatic hydroxyl groups excluding tert-OH is 1. The van der Waals surface area contributed by atoms with Crippen LogP contribution in [0.2, 0.25) is 0 Å². The fourth-order valence-corrected chi connectivity index (χ4v) is 2.15. The third kappa shape index (κ3) is 4.02. The largest absolute Gasteiger partial charge is 0.386 e. The smallest absolute Gasteiger partial charge is 0.242 e. The maximum Gasteiger partial charge on any atom is 0.242 e. The summed E-state index contributed by atoms with van der Waals surface area (Å²) in [6, 6.07) is 4.37. The number of nitrogens with two attached hydrogens (primary N) is 1. The van der Waals surface area contributed by atoms with Gasteiger partial charge in [-0.25, -0.2) is 4.39 Å². The van der Waals surface area contributed by atoms with Gasteiger partial charge in [-0.05, 0) is 30.5 Å². The summed E-state index contributed by atoms with van der Waals surface area (Å²) in [6.07, 6.45) is 0.856. The van der Waals surface area contributed by atoms with Crippen molar-refractivity contribution in [3.8, 4) is 0 Å². The normalized spacial score (nSPS) is 17.1. The lowest BCUT2D eigenvalue weighted by atomic mass is 10.0. The summed E-state index contributed by atoms with van der Waals surface area (Å²) in [4.78, 5) is 13.7. The summed E-state index contributed by atoms with van der Waals surface area (Å²) < 4.78 is 12.8. The summed E-state index contributed by atoms with van der Waals surface area (Å²) in [5, 5.41) is 10.0. The number of nitrogens with zero attached hydrogens (tertiary/aromatic N) is 1. The predicted octanol–water partition coefficient (Wildman–Crippen LogP) is 1.83. The van der Waals surface area contributed by atoms with Gasteiger partial charge in [0.1, 0.15) is 18.0 Å². The topological polar surface area (TPSA) is 66.6 Å². The Morgan fingerprint density at radius 1 is 1.25 bits per heavy atom. The minimum atomic E-state index is -1.10. The van der Waals surface area contributed by atoms with Crippen LogP contribution in [0.15, 0.2) is 24.3 Å². The van der Waals surface area contributed by atoms with E-state index in [1.54, 1.807) is 4.90 Å². The number of rotatable bonds is 3. The first-order valence-electron chi connectivity index (χ1n) is 7.07. The Morgan fingerprint density at radius 2 is 1.75 bits per heavy atom. The van der Waals surface area contributed by atoms with Gasteiger partial charge in [0.2, 0.25) is 5.91 Å². The van der Waals surface area contributed by atoms with Crippen LogP contribution < -0.4 is 5.73 Å². The van der Waals surface area contributed by atoms with E-state index < -0.39 is 12.1 Å². The van der Waals surface area contributed by atoms with Crippen molar-refractivity contribution in [3.05, 3.63) is 35.6 Å². The average Bonchev–Trinajstić information content (AvgIpc) is 3.02. The van der Waals surface area contributed by atoms with Crippen LogP contribution in [-0.4, -0.2) is 35.0 Å². The molecule has 2 unspecified atom stereocenters. The second kappa shape index (κ2) is 7.97. The number of carbonyl (C=O) groups excluding carboxylic acids is 1. The van der Waals surface area contributed by atoms with Gasteiger partial charge in [0.05, 0.1) is 0 Å². The molecular weight excluding hydrogens is 259 g/mol. The van der Waals surface area contributed by atoms with Gasteiger partial charge < -0.3 is 15.7 Å². The first-order chi connectivity index (χ1) is 9.59. The van der Waals surface area contributed by atoms with Gasteiger partial charge in [-0.3, -0.25) is 4.79 Å². The Morgan fingerprint density at radius 3 is 2.25 bits per heavy atom. The minimum absolute atomic E-state index is 0.246. The zero-order valence-electron chi connectivity index (χ0n) is 12.1. The van der Waals surface area contributed by atoms with Gasteiger partial charge in [-0.1, -0.05) is 26.0 Å². The summed E-state index contributed by atoms with van der Waals surface area (Å²) in [5.41, 5.74) is 6.23. The van der Waals surface area contributed by atoms with Crippen LogP contribution in [0, 0.1) is 5.82 Å². The van der Waals surface area contributed by atoms with Crippen molar-refractivity contribution in [2.75, 3.05) is 13.1 Å². The van der Waals surface area contributed by atoms with Crippen molar-refractivity contribution in [2.24, 2.45) is 5.73 Å². The van der Waals surface area contributed by atoms with E-state index in [0.29, 0.717) is 18.7 Å². The Labute approximate surface area is 119 Å². The van der Waals surface area contributed by atoms with Gasteiger partial charge in [-0.2, -0.15) is 0 Å². The van der Waals surface area contributed by atoms with Crippen LogP contribution in [0.5, 0.6) is 0 Å². The van der Waals surface area contributed by atoms with E-state index in [9.17, 15) is 14.3 Å². The summed E-state index contributed by atoms with van der Waals surface area (Å²) in [7, 11) is 0. The maximum absolute atomic E-state index is 12.8. The number of likely N-dealkylation sites (tertiary alicyclic amines) is 1. The molecule has 0 aliphatic carbocycles. The highest BCUT2D eigenvalue weighted by atomic mass is 19.1. The van der Waals surface area contributed by atoms with E-state index in [0.717, 1.165) is 12.8 Å². The SMILES string of the molecule is CC.NC(C(=O)N1CCCC1)C(O)c1ccc(F)cc1. The third-order valence-electron chi connectivity index (χ3n) is 3.25. The van der Waals surface area contributed by atoms with Gasteiger partial charge in [0, 0.05) is 13.1 Å². The molecule has 0 saturated carbocycles. The third-order valence-corrected chi connectivity index (χ3v) is 3.25. The second-order valence-corrected chi connectivity index (χ2v) is 4.55. The lowest BCUT2D eigenvalue weighted by Crippen LogP contribution is -2.45. The van der Waals surface area contributed by atoms with Crippen LogP contribution in [-0.2, 0) is 4.79 Å². The molecule has 2 atom stereocenters. The van der Waals surface area contributed by atoms with Gasteiger partial charge >= 0.3 is 0 Å². The Kier molecular flexibility index (Phi) is 6.61. The van der Waals surface area contributed by atoms with Crippen molar-refractivity contribution in [2.45, 2.75) is 38.8 Å². The molecule has 1 aromatic rings. The van der Waals surface area contributed by atoms with Crippen LogP contribution in [0.1, 0.15) is 38.4 Å². The first kappa shape index (κ1) is 16.6. The van der Waals surface area contributed by atoms with E-state index in [1.807, 2.05) is 13.8 Å². The van der Waals surface area contributed by atoms with E-state index in [1.165, 1.54) is 24.3 Å². The molecule has 1 amide bonds. The average molecular weight is 282 g/mol. The van der Waals surface area contributed by atoms with Gasteiger partial charge in [0.15, 0.2) is 0 Å². The molecule has 1 fully saturated rings. The Balaban J connectivity index is 0.000000956. The highest BCUT2D eigenvalue weighted by molar-refractivity contribution is 5.82. The molecule has 5 heteroatoms. The molecule has 1 aromatic carbocycles. The summed E-state index contributed by atoms with van der Waals surface area (Å²) in [6.45, 7) is 5.39. The summed E-state index contributed by atoms with van der Waals surface area (Å²) >= 11 is 0. The fourth-order valence-electron chi connectivity index (χ4n) is 2.15. The quantitative estimate of drug-likeness (QED) is 0.889. The number of amides is 1. The van der Waals surface area contributed by atoms with Crippen LogP contribution in [0.25, 0.3) is 0 Å². The minimum Gasteiger partial charge on any atom is -0.386 e. The molecular formula is C15H23FN2O2. The molecule has 112 valence electrons. The van der Waals surface area contributed by atoms with E-state index >= 15 is 0 Å². The summed E-state index contributed by atoms with van der Waals surface area (Å²) in [5.74, 6) is -0.630. The van der Waals surface area contributed by atoms with E-state index in [-0.39, 0.29) is 11.7 Å². The maximum atomic E-state index is 12.8. The molecule has 4 nitrogen and oxygen atoms in total. The number of hydrogen-bond acceptors (Lipinski definition) is 3. The molecule has 3 N–H and O–H groups in total. The number of hydrogen-bond donors (Lipinski definition) is 2. The van der Waals surface area contributed by atoms with Gasteiger partial charge in [0.25, 0.3) is 0 Å². The standard InChI is InChI=1S/C13H17FN2O2.C2H6/c14-10-5-3-9(4-6-10)12(17)11(15)13(18)16-7-1-2-8-16;1-2/h3-6,11-12,17H,1-2,7-8,15H2;1-2H3. The van der Waals surface area contributed by atoms with Crippen LogP contribution in [0.4, 0.5) is 4.39 Å². The number of carbonyl (C=O) groups is 1. The van der Waals surface area contributed by atoms with Crippen molar-refractivity contribution >= 4 is 5.91 Å². The van der Waals surface area contributed by atoms with Crippen LogP contribution >= 0.6 is 0 Å². The zero-order valence-corrected chi connectivity index (χ0v) is 12.1. The van der Waals surface area contributed by atoms with E-state index in [2.05, 4.69) is 0 Å². The molecule has 1 aliphatic rings. The van der Waals surface area contributed by atoms with Crippen LogP contribution in [0.3, 0.4) is 0 Å². The highest BCUT2D eigenvalue weighted by Crippen LogP contribution is 2.19. The van der Waals surface area contributed by atoms with Crippen molar-refractivity contribution in [1.29, 1.82) is 0 Å². The lowest BCUT2D eigenvalue weighted by Gasteiger charge is -2.24. The Hall–Kier alpha value is -1.46. The predicted molar refractivity (Wildman–Crippen MR) is 76.5 cm³/mol. The molecule has 2 rings (SSSR count). The molecule has 0 aromatic heterocycles. The molecule has 1 aliphatic heterocycles. The molecule has 0 radical (unpaired) electrons. The Bertz CT molecular complexity index is 416. The monoisotopic (exact) mass is 282 g/mol. The molecule has 0 spiro atoms. The first-order valence-corrected chi connectivity index (χ1v) is 7.07. The lowest BCUT2D eigenvalue weighted by molar-refractivity contribution is -0.134. The number of benzene rings is 1. The van der Waals surface area contributed by atoms with E-state index in [4.69, 9.17) is 5.73 Å². The van der Waals surface area contributed by atoms with Crippen molar-refractivity contribution in [1.82, 2.24) is 4.90 Å². The molecule has 1 heterocycles. The van der Waals surface area contributed by atoms with Gasteiger partial charge in [-0.15, -0.1) is 0 Å². The molecule has 20 heavy (non-hydrogen) atoms. The van der Waals surface area contributed by atoms with Crippen molar-refractivity contribution in [3.63, 3.8) is 0 Å². The van der Waals surface area contributed by atoms with Crippen molar-refractivity contribution < 1.29 is 14.3 Å². The highest BCUT2D eigenvalue weighted by Gasteiger charge is 2.29. The second-order valence-electron chi connectivity index (χ2n) is 4.55. The fraction of sp³-hybridized carbons (Fsp3) is 0.533. The molecule has 1 saturated heterocycles. The zero-order chi connectivity index (χ0) is 15.1. The number of aliphatic hydroxyl groups is 1.